The van der Waals surface area contributed by atoms with Crippen molar-refractivity contribution in [1.82, 2.24) is 0 Å². The fourth-order valence-electron chi connectivity index (χ4n) is 1.97. The molecule has 0 rings (SSSR count). The Morgan fingerprint density at radius 2 is 1.06 bits per heavy atom. The standard InChI is InChI=1S/C11H18F6O/c1-6(2)8(7(3)4)5-9(18,10(12,13)14)11(15,16)17/h6-8,18H,5H2,1-4H3. The Kier molecular flexibility index (Phi) is 5.13. The fourth-order valence-corrected chi connectivity index (χ4v) is 1.97. The zero-order valence-corrected chi connectivity index (χ0v) is 10.7. The van der Waals surface area contributed by atoms with Crippen molar-refractivity contribution in [3.8, 4) is 0 Å². The van der Waals surface area contributed by atoms with Crippen molar-refractivity contribution < 1.29 is 31.4 Å². The van der Waals surface area contributed by atoms with Crippen LogP contribution in [0.4, 0.5) is 26.3 Å². The maximum atomic E-state index is 12.5. The fraction of sp³-hybridized carbons (Fsp3) is 1.00. The predicted octanol–water partition coefficient (Wildman–Crippen LogP) is 4.16. The van der Waals surface area contributed by atoms with Crippen molar-refractivity contribution in [1.29, 1.82) is 0 Å². The third-order valence-electron chi connectivity index (χ3n) is 3.18. The molecule has 7 heteroatoms. The Labute approximate surface area is 102 Å². The Hall–Kier alpha value is -0.460. The first-order valence-corrected chi connectivity index (χ1v) is 5.60. The summed E-state index contributed by atoms with van der Waals surface area (Å²) in [5.41, 5.74) is -4.64. The van der Waals surface area contributed by atoms with E-state index in [1.54, 1.807) is 0 Å². The lowest BCUT2D eigenvalue weighted by atomic mass is 9.76. The Balaban J connectivity index is 5.39. The average molecular weight is 280 g/mol. The molecule has 0 saturated heterocycles. The topological polar surface area (TPSA) is 20.2 Å². The van der Waals surface area contributed by atoms with E-state index in [4.69, 9.17) is 5.11 Å². The molecule has 0 aromatic carbocycles. The first-order valence-electron chi connectivity index (χ1n) is 5.60. The van der Waals surface area contributed by atoms with Crippen molar-refractivity contribution in [2.75, 3.05) is 0 Å². The molecule has 110 valence electrons. The summed E-state index contributed by atoms with van der Waals surface area (Å²) in [6, 6.07) is 0. The van der Waals surface area contributed by atoms with Crippen molar-refractivity contribution in [2.24, 2.45) is 17.8 Å². The van der Waals surface area contributed by atoms with Crippen molar-refractivity contribution in [3.05, 3.63) is 0 Å². The van der Waals surface area contributed by atoms with Gasteiger partial charge in [-0.05, 0) is 24.2 Å². The third kappa shape index (κ3) is 3.52. The SMILES string of the molecule is CC(C)C(CC(O)(C(F)(F)F)C(F)(F)F)C(C)C. The maximum Gasteiger partial charge on any atom is 0.426 e. The van der Waals surface area contributed by atoms with Crippen LogP contribution >= 0.6 is 0 Å². The van der Waals surface area contributed by atoms with Crippen LogP contribution in [0, 0.1) is 17.8 Å². The van der Waals surface area contributed by atoms with E-state index in [0.717, 1.165) is 0 Å². The number of rotatable bonds is 4. The number of hydrogen-bond acceptors (Lipinski definition) is 1. The second-order valence-electron chi connectivity index (χ2n) is 5.21. The monoisotopic (exact) mass is 280 g/mol. The van der Waals surface area contributed by atoms with E-state index in [1.807, 2.05) is 0 Å². The molecule has 0 bridgehead atoms. The van der Waals surface area contributed by atoms with E-state index < -0.39 is 30.3 Å². The van der Waals surface area contributed by atoms with Gasteiger partial charge in [-0.1, -0.05) is 27.7 Å². The van der Waals surface area contributed by atoms with Crippen LogP contribution in [0.1, 0.15) is 34.1 Å². The van der Waals surface area contributed by atoms with Gasteiger partial charge in [0.15, 0.2) is 0 Å². The Morgan fingerprint density at radius 1 is 0.778 bits per heavy atom. The number of alkyl halides is 6. The number of hydrogen-bond donors (Lipinski definition) is 1. The highest BCUT2D eigenvalue weighted by Crippen LogP contribution is 2.48. The Bertz CT molecular complexity index is 244. The van der Waals surface area contributed by atoms with Gasteiger partial charge in [-0.15, -0.1) is 0 Å². The zero-order chi connectivity index (χ0) is 14.9. The number of aliphatic hydroxyl groups is 1. The van der Waals surface area contributed by atoms with Gasteiger partial charge < -0.3 is 5.11 Å². The van der Waals surface area contributed by atoms with Crippen LogP contribution in [0.15, 0.2) is 0 Å². The second-order valence-corrected chi connectivity index (χ2v) is 5.21. The molecule has 0 radical (unpaired) electrons. The van der Waals surface area contributed by atoms with Gasteiger partial charge in [0, 0.05) is 0 Å². The van der Waals surface area contributed by atoms with Crippen LogP contribution in [0.3, 0.4) is 0 Å². The zero-order valence-electron chi connectivity index (χ0n) is 10.7. The summed E-state index contributed by atoms with van der Waals surface area (Å²) in [5, 5.41) is 9.10. The molecule has 0 aliphatic rings. The summed E-state index contributed by atoms with van der Waals surface area (Å²) in [7, 11) is 0. The van der Waals surface area contributed by atoms with Crippen LogP contribution in [-0.4, -0.2) is 23.1 Å². The van der Waals surface area contributed by atoms with Crippen molar-refractivity contribution in [2.45, 2.75) is 52.1 Å². The molecule has 1 nitrogen and oxygen atoms in total. The minimum Gasteiger partial charge on any atom is -0.374 e. The predicted molar refractivity (Wildman–Crippen MR) is 54.8 cm³/mol. The summed E-state index contributed by atoms with van der Waals surface area (Å²) in [5.74, 6) is -1.65. The van der Waals surface area contributed by atoms with Crippen molar-refractivity contribution in [3.63, 3.8) is 0 Å². The molecular formula is C11H18F6O. The molecule has 0 fully saturated rings. The van der Waals surface area contributed by atoms with Gasteiger partial charge in [-0.25, -0.2) is 0 Å². The van der Waals surface area contributed by atoms with Gasteiger partial charge in [0.25, 0.3) is 5.60 Å². The first-order chi connectivity index (χ1) is 7.74. The van der Waals surface area contributed by atoms with E-state index in [2.05, 4.69) is 0 Å². The highest BCUT2D eigenvalue weighted by Gasteiger charge is 2.70. The van der Waals surface area contributed by atoms with Gasteiger partial charge in [0.1, 0.15) is 0 Å². The largest absolute Gasteiger partial charge is 0.426 e. The summed E-state index contributed by atoms with van der Waals surface area (Å²) in [6.45, 7) is 6.16. The lowest BCUT2D eigenvalue weighted by molar-refractivity contribution is -0.374. The molecule has 0 heterocycles. The average Bonchev–Trinajstić information content (AvgIpc) is 2.08. The van der Waals surface area contributed by atoms with Gasteiger partial charge in [-0.3, -0.25) is 0 Å². The van der Waals surface area contributed by atoms with Crippen LogP contribution in [-0.2, 0) is 0 Å². The summed E-state index contributed by atoms with van der Waals surface area (Å²) in [4.78, 5) is 0. The molecular weight excluding hydrogens is 262 g/mol. The summed E-state index contributed by atoms with van der Waals surface area (Å²) in [6.07, 6.45) is -12.8. The molecule has 0 aliphatic carbocycles. The lowest BCUT2D eigenvalue weighted by Gasteiger charge is -2.37. The lowest BCUT2D eigenvalue weighted by Crippen LogP contribution is -2.58. The number of halogens is 6. The first kappa shape index (κ1) is 17.5. The molecule has 0 aromatic rings. The van der Waals surface area contributed by atoms with Crippen LogP contribution in [0.2, 0.25) is 0 Å². The Morgan fingerprint density at radius 3 is 1.22 bits per heavy atom. The molecule has 0 atom stereocenters. The highest BCUT2D eigenvalue weighted by atomic mass is 19.4. The molecule has 0 spiro atoms. The minimum atomic E-state index is -5.73. The van der Waals surface area contributed by atoms with Crippen molar-refractivity contribution >= 4 is 0 Å². The quantitative estimate of drug-likeness (QED) is 0.767. The highest BCUT2D eigenvalue weighted by molar-refractivity contribution is 4.96. The minimum absolute atomic E-state index is 0.388. The molecule has 0 saturated carbocycles. The van der Waals surface area contributed by atoms with Crippen LogP contribution in [0.5, 0.6) is 0 Å². The maximum absolute atomic E-state index is 12.5. The van der Waals surface area contributed by atoms with Gasteiger partial charge in [-0.2, -0.15) is 26.3 Å². The van der Waals surface area contributed by atoms with E-state index in [0.29, 0.717) is 0 Å². The molecule has 0 aromatic heterocycles. The van der Waals surface area contributed by atoms with Gasteiger partial charge in [0.2, 0.25) is 0 Å². The molecule has 1 N–H and O–H groups in total. The van der Waals surface area contributed by atoms with E-state index >= 15 is 0 Å². The molecule has 0 amide bonds. The third-order valence-corrected chi connectivity index (χ3v) is 3.18. The van der Waals surface area contributed by atoms with Gasteiger partial charge >= 0.3 is 12.4 Å². The molecule has 0 unspecified atom stereocenters. The molecule has 18 heavy (non-hydrogen) atoms. The smallest absolute Gasteiger partial charge is 0.374 e. The van der Waals surface area contributed by atoms with Crippen LogP contribution in [0.25, 0.3) is 0 Å². The summed E-state index contributed by atoms with van der Waals surface area (Å²) >= 11 is 0. The normalized spacial score (nSPS) is 15.0. The van der Waals surface area contributed by atoms with Crippen LogP contribution < -0.4 is 0 Å². The van der Waals surface area contributed by atoms with E-state index in [-0.39, 0.29) is 11.8 Å². The molecule has 0 aliphatic heterocycles. The van der Waals surface area contributed by atoms with E-state index in [9.17, 15) is 26.3 Å². The second kappa shape index (κ2) is 5.27. The van der Waals surface area contributed by atoms with E-state index in [1.165, 1.54) is 27.7 Å². The van der Waals surface area contributed by atoms with Gasteiger partial charge in [0.05, 0.1) is 0 Å². The summed E-state index contributed by atoms with van der Waals surface area (Å²) < 4.78 is 75.1.